The fourth-order valence-corrected chi connectivity index (χ4v) is 0. The molecule has 0 aromatic carbocycles. The monoisotopic (exact) mass is 162 g/mol. The second-order valence-electron chi connectivity index (χ2n) is 0.231. The van der Waals surface area contributed by atoms with Crippen molar-refractivity contribution in [1.29, 1.82) is 0 Å². The van der Waals surface area contributed by atoms with Crippen LogP contribution in [0, 0.1) is 0 Å². The molecule has 0 aromatic rings. The molecule has 0 rings (SSSR count). The maximum Gasteiger partial charge on any atom is 0.299 e. The molecule has 5 heavy (non-hydrogen) atoms. The topological polar surface area (TPSA) is 57.5 Å². The van der Waals surface area contributed by atoms with Gasteiger partial charge in [0.25, 0.3) is 11.4 Å². The van der Waals surface area contributed by atoms with Gasteiger partial charge in [0, 0.05) is 17.1 Å². The van der Waals surface area contributed by atoms with Crippen molar-refractivity contribution in [1.82, 2.24) is 0 Å². The van der Waals surface area contributed by atoms with E-state index in [4.69, 9.17) is 13.3 Å². The Bertz CT molecular complexity index is 29.9. The van der Waals surface area contributed by atoms with E-state index in [-0.39, 0.29) is 17.1 Å². The van der Waals surface area contributed by atoms with Crippen LogP contribution in [0.1, 0.15) is 0 Å². The summed E-state index contributed by atoms with van der Waals surface area (Å²) in [6, 6.07) is 0. The first kappa shape index (κ1) is 9.14. The van der Waals surface area contributed by atoms with Crippen molar-refractivity contribution in [2.45, 2.75) is 0 Å². The van der Waals surface area contributed by atoms with E-state index in [2.05, 4.69) is 0 Å². The average molecular weight is 161 g/mol. The van der Waals surface area contributed by atoms with Crippen LogP contribution in [0.3, 0.4) is 0 Å². The van der Waals surface area contributed by atoms with Crippen molar-refractivity contribution in [3.63, 3.8) is 0 Å². The SMILES string of the molecule is O=S(O)O.[Se]. The van der Waals surface area contributed by atoms with Gasteiger partial charge in [0.15, 0.2) is 0 Å². The zero-order chi connectivity index (χ0) is 3.58. The van der Waals surface area contributed by atoms with Crippen LogP contribution in [0.25, 0.3) is 0 Å². The van der Waals surface area contributed by atoms with Crippen LogP contribution < -0.4 is 0 Å². The molecule has 0 spiro atoms. The first-order valence-electron chi connectivity index (χ1n) is 0.532. The molecule has 0 aliphatic carbocycles. The smallest absolute Gasteiger partial charge is 0.284 e. The fourth-order valence-electron chi connectivity index (χ4n) is 0. The van der Waals surface area contributed by atoms with Gasteiger partial charge in [-0.25, -0.2) is 0 Å². The van der Waals surface area contributed by atoms with Crippen LogP contribution in [0.4, 0.5) is 0 Å². The molecule has 0 heterocycles. The molecule has 32 valence electrons. The van der Waals surface area contributed by atoms with Gasteiger partial charge < -0.3 is 0 Å². The van der Waals surface area contributed by atoms with Crippen LogP contribution >= 0.6 is 0 Å². The normalized spacial score (nSPS) is 7.00. The molecule has 3 nitrogen and oxygen atoms in total. The first-order valence-corrected chi connectivity index (χ1v) is 1.60. The predicted molar refractivity (Wildman–Crippen MR) is 19.2 cm³/mol. The summed E-state index contributed by atoms with van der Waals surface area (Å²) in [5, 5.41) is 0. The third-order valence-electron chi connectivity index (χ3n) is 0. The minimum Gasteiger partial charge on any atom is -0.284 e. The fraction of sp³-hybridized carbons (Fsp3) is 0. The Labute approximate surface area is 42.4 Å². The maximum absolute atomic E-state index is 8.67. The van der Waals surface area contributed by atoms with Gasteiger partial charge in [-0.2, -0.15) is 4.21 Å². The molecule has 0 aromatic heterocycles. The Hall–Kier alpha value is 0.589. The van der Waals surface area contributed by atoms with Crippen LogP contribution in [0.2, 0.25) is 0 Å². The summed E-state index contributed by atoms with van der Waals surface area (Å²) < 4.78 is 22.8. The Morgan fingerprint density at radius 1 is 1.40 bits per heavy atom. The van der Waals surface area contributed by atoms with E-state index in [1.54, 1.807) is 0 Å². The molecule has 0 atom stereocenters. The largest absolute Gasteiger partial charge is 0.299 e. The zero-order valence-corrected chi connectivity index (χ0v) is 4.65. The Kier molecular flexibility index (Phi) is 8.39. The minimum absolute atomic E-state index is 0. The second kappa shape index (κ2) is 4.59. The Morgan fingerprint density at radius 2 is 1.40 bits per heavy atom. The van der Waals surface area contributed by atoms with Crippen molar-refractivity contribution >= 4 is 28.4 Å². The van der Waals surface area contributed by atoms with Gasteiger partial charge in [0.2, 0.25) is 0 Å². The van der Waals surface area contributed by atoms with Crippen molar-refractivity contribution in [2.24, 2.45) is 0 Å². The summed E-state index contributed by atoms with van der Waals surface area (Å²) in [6.07, 6.45) is 0. The Balaban J connectivity index is 0. The molecule has 0 aliphatic rings. The molecule has 0 aliphatic heterocycles. The third-order valence-corrected chi connectivity index (χ3v) is 0. The molecule has 0 fully saturated rings. The molecule has 0 unspecified atom stereocenters. The van der Waals surface area contributed by atoms with E-state index in [1.807, 2.05) is 0 Å². The molecule has 2 radical (unpaired) electrons. The van der Waals surface area contributed by atoms with Crippen molar-refractivity contribution in [3.05, 3.63) is 0 Å². The van der Waals surface area contributed by atoms with Gasteiger partial charge in [0.1, 0.15) is 0 Å². The van der Waals surface area contributed by atoms with E-state index < -0.39 is 11.4 Å². The third kappa shape index (κ3) is 88.6. The van der Waals surface area contributed by atoms with Gasteiger partial charge in [0.05, 0.1) is 0 Å². The summed E-state index contributed by atoms with van der Waals surface area (Å²) in [7, 11) is 0. The predicted octanol–water partition coefficient (Wildman–Crippen LogP) is -0.700. The molecule has 0 bridgehead atoms. The van der Waals surface area contributed by atoms with Crippen molar-refractivity contribution < 1.29 is 13.3 Å². The van der Waals surface area contributed by atoms with Crippen LogP contribution in [-0.4, -0.2) is 30.4 Å². The van der Waals surface area contributed by atoms with Gasteiger partial charge in [-0.3, -0.25) is 9.11 Å². The van der Waals surface area contributed by atoms with Crippen molar-refractivity contribution in [2.75, 3.05) is 0 Å². The molecule has 2 N–H and O–H groups in total. The van der Waals surface area contributed by atoms with E-state index in [9.17, 15) is 0 Å². The van der Waals surface area contributed by atoms with E-state index >= 15 is 0 Å². The first-order chi connectivity index (χ1) is 1.73. The quantitative estimate of drug-likeness (QED) is 0.365. The zero-order valence-electron chi connectivity index (χ0n) is 2.12. The standard InChI is InChI=1S/H2O3S.Se/c1-4(2)3;/h(H2,1,2,3);. The van der Waals surface area contributed by atoms with Gasteiger partial charge in [-0.05, 0) is 0 Å². The number of hydrogen-bond acceptors (Lipinski definition) is 1. The molecule has 0 saturated carbocycles. The van der Waals surface area contributed by atoms with E-state index in [0.29, 0.717) is 0 Å². The average Bonchev–Trinajstić information content (AvgIpc) is 0.811. The summed E-state index contributed by atoms with van der Waals surface area (Å²) >= 11 is -2.61. The molecular weight excluding hydrogens is 159 g/mol. The number of rotatable bonds is 0. The van der Waals surface area contributed by atoms with Gasteiger partial charge in [-0.15, -0.1) is 0 Å². The summed E-state index contributed by atoms with van der Waals surface area (Å²) in [5.74, 6) is 0. The molecule has 0 amide bonds. The molecule has 5 heteroatoms. The Morgan fingerprint density at radius 3 is 1.40 bits per heavy atom. The summed E-state index contributed by atoms with van der Waals surface area (Å²) in [6.45, 7) is 0. The molecular formula is H2O3SSe. The molecule has 0 saturated heterocycles. The van der Waals surface area contributed by atoms with Crippen LogP contribution in [-0.2, 0) is 11.4 Å². The number of hydrogen-bond donors (Lipinski definition) is 2. The minimum atomic E-state index is -2.61. The van der Waals surface area contributed by atoms with Gasteiger partial charge in [-0.1, -0.05) is 0 Å². The van der Waals surface area contributed by atoms with E-state index in [0.717, 1.165) is 0 Å². The van der Waals surface area contributed by atoms with Crippen LogP contribution in [0.15, 0.2) is 0 Å². The van der Waals surface area contributed by atoms with Gasteiger partial charge >= 0.3 is 0 Å². The maximum atomic E-state index is 8.67. The summed E-state index contributed by atoms with van der Waals surface area (Å²) in [4.78, 5) is 0. The van der Waals surface area contributed by atoms with Crippen LogP contribution in [0.5, 0.6) is 0 Å². The van der Waals surface area contributed by atoms with Crippen molar-refractivity contribution in [3.8, 4) is 0 Å². The second-order valence-corrected chi connectivity index (χ2v) is 0.692. The van der Waals surface area contributed by atoms with E-state index in [1.165, 1.54) is 0 Å². The summed E-state index contributed by atoms with van der Waals surface area (Å²) in [5.41, 5.74) is 0.